The Hall–Kier alpha value is -0.130. The highest BCUT2D eigenvalue weighted by Crippen LogP contribution is 2.23. The fraction of sp³-hybridized carbons (Fsp3) is 0.571. The molecule has 0 amide bonds. The van der Waals surface area contributed by atoms with Gasteiger partial charge in [-0.3, -0.25) is 4.90 Å². The van der Waals surface area contributed by atoms with Crippen molar-refractivity contribution >= 4 is 27.5 Å². The molecule has 0 spiro atoms. The van der Waals surface area contributed by atoms with Crippen molar-refractivity contribution in [1.82, 2.24) is 10.2 Å². The van der Waals surface area contributed by atoms with Crippen molar-refractivity contribution in [3.05, 3.63) is 33.3 Å². The Morgan fingerprint density at radius 1 is 1.47 bits per heavy atom. The predicted molar refractivity (Wildman–Crippen MR) is 82.5 cm³/mol. The Morgan fingerprint density at radius 3 is 3.00 bits per heavy atom. The molecule has 1 unspecified atom stereocenters. The van der Waals surface area contributed by atoms with Gasteiger partial charge in [0.25, 0.3) is 0 Å². The Bertz CT molecular complexity index is 410. The summed E-state index contributed by atoms with van der Waals surface area (Å²) in [5, 5.41) is 13.5. The van der Waals surface area contributed by atoms with Crippen LogP contribution >= 0.6 is 27.5 Å². The van der Waals surface area contributed by atoms with E-state index < -0.39 is 0 Å². The molecule has 1 aliphatic heterocycles. The van der Waals surface area contributed by atoms with E-state index in [1.807, 2.05) is 18.2 Å². The topological polar surface area (TPSA) is 35.5 Å². The number of hydrogen-bond donors (Lipinski definition) is 2. The van der Waals surface area contributed by atoms with Gasteiger partial charge in [0.15, 0.2) is 0 Å². The fourth-order valence-corrected chi connectivity index (χ4v) is 3.07. The highest BCUT2D eigenvalue weighted by molar-refractivity contribution is 9.10. The summed E-state index contributed by atoms with van der Waals surface area (Å²) in [4.78, 5) is 2.28. The van der Waals surface area contributed by atoms with Crippen LogP contribution in [0.15, 0.2) is 22.7 Å². The second-order valence-corrected chi connectivity index (χ2v) is 6.28. The smallest absolute Gasteiger partial charge is 0.0558 e. The van der Waals surface area contributed by atoms with Crippen molar-refractivity contribution in [1.29, 1.82) is 0 Å². The lowest BCUT2D eigenvalue weighted by Gasteiger charge is -2.25. The molecule has 1 aromatic carbocycles. The van der Waals surface area contributed by atoms with Crippen LogP contribution in [0.2, 0.25) is 5.02 Å². The first-order valence-corrected chi connectivity index (χ1v) is 7.86. The van der Waals surface area contributed by atoms with Gasteiger partial charge in [0.2, 0.25) is 0 Å². The van der Waals surface area contributed by atoms with E-state index >= 15 is 0 Å². The van der Waals surface area contributed by atoms with Crippen LogP contribution in [0, 0.1) is 0 Å². The third-order valence-corrected chi connectivity index (χ3v) is 4.47. The summed E-state index contributed by atoms with van der Waals surface area (Å²) >= 11 is 9.61. The highest BCUT2D eigenvalue weighted by atomic mass is 79.9. The van der Waals surface area contributed by atoms with Gasteiger partial charge in [-0.2, -0.15) is 0 Å². The van der Waals surface area contributed by atoms with Gasteiger partial charge in [0, 0.05) is 35.2 Å². The molecule has 2 N–H and O–H groups in total. The molecule has 1 saturated heterocycles. The molecule has 3 nitrogen and oxygen atoms in total. The molecule has 2 rings (SSSR count). The molecule has 1 heterocycles. The number of rotatable bonds is 6. The maximum Gasteiger partial charge on any atom is 0.0558 e. The second-order valence-electron chi connectivity index (χ2n) is 4.99. The average Bonchev–Trinajstić information content (AvgIpc) is 2.87. The van der Waals surface area contributed by atoms with Gasteiger partial charge >= 0.3 is 0 Å². The molecule has 106 valence electrons. The third-order valence-electron chi connectivity index (χ3n) is 3.46. The molecule has 5 heteroatoms. The standard InChI is InChI=1S/C14H20BrClN2O/c15-14-4-3-12(16)8-11(14)9-18(6-7-19)10-13-2-1-5-17-13/h3-4,8,13,17,19H,1-2,5-7,9-10H2. The van der Waals surface area contributed by atoms with Gasteiger partial charge in [-0.1, -0.05) is 27.5 Å². The van der Waals surface area contributed by atoms with E-state index in [0.29, 0.717) is 12.6 Å². The monoisotopic (exact) mass is 346 g/mol. The van der Waals surface area contributed by atoms with Crippen LogP contribution in [0.25, 0.3) is 0 Å². The van der Waals surface area contributed by atoms with Gasteiger partial charge < -0.3 is 10.4 Å². The molecule has 0 aromatic heterocycles. The number of halogens is 2. The van der Waals surface area contributed by atoms with E-state index in [1.165, 1.54) is 18.4 Å². The van der Waals surface area contributed by atoms with Gasteiger partial charge in [-0.25, -0.2) is 0 Å². The van der Waals surface area contributed by atoms with E-state index in [2.05, 4.69) is 26.1 Å². The predicted octanol–water partition coefficient (Wildman–Crippen LogP) is 2.65. The van der Waals surface area contributed by atoms with Crippen LogP contribution in [-0.2, 0) is 6.54 Å². The lowest BCUT2D eigenvalue weighted by Crippen LogP contribution is -2.38. The third kappa shape index (κ3) is 4.72. The summed E-state index contributed by atoms with van der Waals surface area (Å²) in [7, 11) is 0. The first kappa shape index (κ1) is 15.3. The van der Waals surface area contributed by atoms with Crippen molar-refractivity contribution in [2.75, 3.05) is 26.2 Å². The first-order valence-electron chi connectivity index (χ1n) is 6.69. The minimum atomic E-state index is 0.185. The largest absolute Gasteiger partial charge is 0.395 e. The van der Waals surface area contributed by atoms with E-state index in [4.69, 9.17) is 11.6 Å². The summed E-state index contributed by atoms with van der Waals surface area (Å²) in [5.41, 5.74) is 1.17. The zero-order valence-electron chi connectivity index (χ0n) is 10.9. The van der Waals surface area contributed by atoms with Crippen molar-refractivity contribution in [3.8, 4) is 0 Å². The molecule has 0 saturated carbocycles. The zero-order chi connectivity index (χ0) is 13.7. The highest BCUT2D eigenvalue weighted by Gasteiger charge is 2.18. The van der Waals surface area contributed by atoms with Crippen LogP contribution in [0.1, 0.15) is 18.4 Å². The van der Waals surface area contributed by atoms with E-state index in [-0.39, 0.29) is 6.61 Å². The molecule has 0 aliphatic carbocycles. The van der Waals surface area contributed by atoms with Gasteiger partial charge in [-0.05, 0) is 43.1 Å². The lowest BCUT2D eigenvalue weighted by atomic mass is 10.1. The maximum absolute atomic E-state index is 9.21. The number of aliphatic hydroxyl groups is 1. The number of hydrogen-bond acceptors (Lipinski definition) is 3. The Balaban J connectivity index is 2.00. The summed E-state index contributed by atoms with van der Waals surface area (Å²) in [6.45, 7) is 3.76. The summed E-state index contributed by atoms with van der Waals surface area (Å²) in [6.07, 6.45) is 2.47. The summed E-state index contributed by atoms with van der Waals surface area (Å²) < 4.78 is 1.07. The number of benzene rings is 1. The average molecular weight is 348 g/mol. The normalized spacial score (nSPS) is 19.3. The van der Waals surface area contributed by atoms with E-state index in [0.717, 1.165) is 29.1 Å². The molecular weight excluding hydrogens is 328 g/mol. The number of nitrogens with one attached hydrogen (secondary N) is 1. The van der Waals surface area contributed by atoms with Crippen LogP contribution in [-0.4, -0.2) is 42.3 Å². The van der Waals surface area contributed by atoms with Crippen LogP contribution in [0.3, 0.4) is 0 Å². The molecule has 19 heavy (non-hydrogen) atoms. The molecule has 1 fully saturated rings. The SMILES string of the molecule is OCCN(Cc1cc(Cl)ccc1Br)CC1CCCN1. The lowest BCUT2D eigenvalue weighted by molar-refractivity contribution is 0.179. The number of nitrogens with zero attached hydrogens (tertiary/aromatic N) is 1. The van der Waals surface area contributed by atoms with Gasteiger partial charge in [0.1, 0.15) is 0 Å². The minimum absolute atomic E-state index is 0.185. The van der Waals surface area contributed by atoms with E-state index in [9.17, 15) is 5.11 Å². The Kier molecular flexibility index (Phi) is 6.10. The van der Waals surface area contributed by atoms with Crippen molar-refractivity contribution in [3.63, 3.8) is 0 Å². The van der Waals surface area contributed by atoms with Crippen molar-refractivity contribution in [2.45, 2.75) is 25.4 Å². The van der Waals surface area contributed by atoms with Crippen LogP contribution in [0.5, 0.6) is 0 Å². The second kappa shape index (κ2) is 7.60. The quantitative estimate of drug-likeness (QED) is 0.830. The molecular formula is C14H20BrClN2O. The van der Waals surface area contributed by atoms with Crippen molar-refractivity contribution in [2.24, 2.45) is 0 Å². The summed E-state index contributed by atoms with van der Waals surface area (Å²) in [5.74, 6) is 0. The van der Waals surface area contributed by atoms with Crippen molar-refractivity contribution < 1.29 is 5.11 Å². The van der Waals surface area contributed by atoms with Crippen LogP contribution < -0.4 is 5.32 Å². The zero-order valence-corrected chi connectivity index (χ0v) is 13.3. The number of aliphatic hydroxyl groups excluding tert-OH is 1. The summed E-state index contributed by atoms with van der Waals surface area (Å²) in [6, 6.07) is 6.38. The minimum Gasteiger partial charge on any atom is -0.395 e. The molecule has 1 aliphatic rings. The molecule has 1 atom stereocenters. The Labute approximate surface area is 128 Å². The molecule has 0 radical (unpaired) electrons. The fourth-order valence-electron chi connectivity index (χ4n) is 2.51. The first-order chi connectivity index (χ1) is 9.19. The van der Waals surface area contributed by atoms with Gasteiger partial charge in [0.05, 0.1) is 6.61 Å². The molecule has 0 bridgehead atoms. The Morgan fingerprint density at radius 2 is 2.32 bits per heavy atom. The maximum atomic E-state index is 9.21. The molecule has 1 aromatic rings. The van der Waals surface area contributed by atoms with Crippen LogP contribution in [0.4, 0.5) is 0 Å². The van der Waals surface area contributed by atoms with Gasteiger partial charge in [-0.15, -0.1) is 0 Å². The van der Waals surface area contributed by atoms with E-state index in [1.54, 1.807) is 0 Å².